The molecule has 0 spiro atoms. The molecule has 1 aliphatic heterocycles. The van der Waals surface area contributed by atoms with Crippen LogP contribution in [-0.2, 0) is 11.2 Å². The third-order valence-corrected chi connectivity index (χ3v) is 5.32. The molecule has 0 radical (unpaired) electrons. The smallest absolute Gasteiger partial charge is 0.226 e. The fourth-order valence-corrected chi connectivity index (χ4v) is 3.76. The van der Waals surface area contributed by atoms with Crippen molar-refractivity contribution in [3.63, 3.8) is 0 Å². The lowest BCUT2D eigenvalue weighted by Gasteiger charge is -2.32. The molecule has 4 rings (SSSR count). The second kappa shape index (κ2) is 7.66. The summed E-state index contributed by atoms with van der Waals surface area (Å²) in [6.45, 7) is 1.62. The first kappa shape index (κ1) is 17.3. The first-order valence-electron chi connectivity index (χ1n) is 9.39. The van der Waals surface area contributed by atoms with Gasteiger partial charge in [-0.2, -0.15) is 0 Å². The van der Waals surface area contributed by atoms with Crippen LogP contribution in [-0.4, -0.2) is 33.4 Å². The zero-order valence-corrected chi connectivity index (χ0v) is 15.3. The van der Waals surface area contributed by atoms with Crippen molar-refractivity contribution in [2.45, 2.75) is 25.2 Å². The number of carbonyl (C=O) groups excluding carboxylic acids is 1. The summed E-state index contributed by atoms with van der Waals surface area (Å²) in [6, 6.07) is 16.2. The van der Waals surface area contributed by atoms with Crippen LogP contribution < -0.4 is 5.73 Å². The molecule has 5 heteroatoms. The number of imidazole rings is 1. The fraction of sp³-hybridized carbons (Fsp3) is 0.273. The van der Waals surface area contributed by atoms with Crippen LogP contribution in [0.1, 0.15) is 29.9 Å². The van der Waals surface area contributed by atoms with E-state index in [1.165, 1.54) is 5.56 Å². The predicted molar refractivity (Wildman–Crippen MR) is 107 cm³/mol. The zero-order valence-electron chi connectivity index (χ0n) is 15.3. The molecule has 1 amide bonds. The molecule has 5 nitrogen and oxygen atoms in total. The number of hydrogen-bond donors (Lipinski definition) is 1. The minimum absolute atomic E-state index is 0.205. The number of anilines is 1. The number of piperidine rings is 1. The molecule has 1 aliphatic rings. The maximum absolute atomic E-state index is 12.7. The van der Waals surface area contributed by atoms with Gasteiger partial charge < -0.3 is 15.2 Å². The highest BCUT2D eigenvalue weighted by Gasteiger charge is 2.23. The number of likely N-dealkylation sites (tertiary alicyclic amines) is 1. The van der Waals surface area contributed by atoms with Crippen LogP contribution in [0.3, 0.4) is 0 Å². The van der Waals surface area contributed by atoms with E-state index in [1.54, 1.807) is 12.5 Å². The van der Waals surface area contributed by atoms with Crippen molar-refractivity contribution in [1.29, 1.82) is 0 Å². The van der Waals surface area contributed by atoms with Gasteiger partial charge in [-0.05, 0) is 54.2 Å². The number of amides is 1. The van der Waals surface area contributed by atoms with E-state index in [4.69, 9.17) is 5.73 Å². The first-order chi connectivity index (χ1) is 13.2. The van der Waals surface area contributed by atoms with Crippen LogP contribution in [0.4, 0.5) is 5.69 Å². The molecule has 138 valence electrons. The summed E-state index contributed by atoms with van der Waals surface area (Å²) in [7, 11) is 0. The van der Waals surface area contributed by atoms with Gasteiger partial charge in [0.15, 0.2) is 0 Å². The fourth-order valence-electron chi connectivity index (χ4n) is 3.76. The number of rotatable bonds is 4. The molecule has 0 atom stereocenters. The van der Waals surface area contributed by atoms with E-state index in [-0.39, 0.29) is 5.91 Å². The van der Waals surface area contributed by atoms with Gasteiger partial charge in [0.2, 0.25) is 5.91 Å². The molecular weight excluding hydrogens is 336 g/mol. The summed E-state index contributed by atoms with van der Waals surface area (Å²) in [5, 5.41) is 0. The first-order valence-corrected chi connectivity index (χ1v) is 9.39. The maximum atomic E-state index is 12.7. The summed E-state index contributed by atoms with van der Waals surface area (Å²) in [5.41, 5.74) is 10.1. The van der Waals surface area contributed by atoms with Crippen molar-refractivity contribution in [3.05, 3.63) is 78.4 Å². The Bertz CT molecular complexity index is 894. The van der Waals surface area contributed by atoms with E-state index < -0.39 is 0 Å². The lowest BCUT2D eigenvalue weighted by Crippen LogP contribution is -2.38. The highest BCUT2D eigenvalue weighted by molar-refractivity contribution is 5.79. The Morgan fingerprint density at radius 3 is 2.56 bits per heavy atom. The molecule has 1 fully saturated rings. The van der Waals surface area contributed by atoms with Gasteiger partial charge in [-0.1, -0.05) is 24.3 Å². The van der Waals surface area contributed by atoms with Crippen molar-refractivity contribution >= 4 is 11.6 Å². The summed E-state index contributed by atoms with van der Waals surface area (Å²) >= 11 is 0. The summed E-state index contributed by atoms with van der Waals surface area (Å²) in [4.78, 5) is 18.7. The molecule has 0 aliphatic carbocycles. The Balaban J connectivity index is 1.33. The molecule has 2 aromatic carbocycles. The highest BCUT2D eigenvalue weighted by Crippen LogP contribution is 2.29. The average molecular weight is 360 g/mol. The van der Waals surface area contributed by atoms with Gasteiger partial charge in [-0.3, -0.25) is 4.79 Å². The molecular formula is C22H24N4O. The van der Waals surface area contributed by atoms with Gasteiger partial charge in [-0.25, -0.2) is 4.98 Å². The van der Waals surface area contributed by atoms with Gasteiger partial charge in [0, 0.05) is 36.9 Å². The van der Waals surface area contributed by atoms with Gasteiger partial charge in [0.25, 0.3) is 0 Å². The van der Waals surface area contributed by atoms with Crippen LogP contribution >= 0.6 is 0 Å². The minimum Gasteiger partial charge on any atom is -0.399 e. The molecule has 2 heterocycles. The van der Waals surface area contributed by atoms with Crippen LogP contribution in [0.5, 0.6) is 0 Å². The Morgan fingerprint density at radius 1 is 1.11 bits per heavy atom. The predicted octanol–water partition coefficient (Wildman–Crippen LogP) is 3.40. The van der Waals surface area contributed by atoms with Crippen molar-refractivity contribution in [3.8, 4) is 5.69 Å². The van der Waals surface area contributed by atoms with E-state index >= 15 is 0 Å². The standard InChI is InChI=1S/C22H24N4O/c23-20-3-1-2-19(15-20)18-8-11-25(12-9-18)22(27)14-17-4-6-21(7-5-17)26-13-10-24-16-26/h1-7,10,13,15-16,18H,8-9,11-12,14,23H2. The molecule has 0 saturated carbocycles. The Labute approximate surface area is 159 Å². The molecule has 2 N–H and O–H groups in total. The van der Waals surface area contributed by atoms with E-state index in [0.29, 0.717) is 12.3 Å². The Morgan fingerprint density at radius 2 is 1.89 bits per heavy atom. The molecule has 0 bridgehead atoms. The number of nitrogens with zero attached hydrogens (tertiary/aromatic N) is 3. The van der Waals surface area contributed by atoms with Gasteiger partial charge in [0.1, 0.15) is 0 Å². The summed E-state index contributed by atoms with van der Waals surface area (Å²) in [6.07, 6.45) is 7.87. The van der Waals surface area contributed by atoms with Crippen molar-refractivity contribution in [1.82, 2.24) is 14.5 Å². The van der Waals surface area contributed by atoms with Crippen molar-refractivity contribution in [2.75, 3.05) is 18.8 Å². The second-order valence-electron chi connectivity index (χ2n) is 7.14. The number of aromatic nitrogens is 2. The van der Waals surface area contributed by atoms with Crippen LogP contribution in [0, 0.1) is 0 Å². The van der Waals surface area contributed by atoms with Crippen LogP contribution in [0.2, 0.25) is 0 Å². The third-order valence-electron chi connectivity index (χ3n) is 5.32. The van der Waals surface area contributed by atoms with E-state index in [9.17, 15) is 4.79 Å². The second-order valence-corrected chi connectivity index (χ2v) is 7.14. The van der Waals surface area contributed by atoms with E-state index in [0.717, 1.165) is 42.9 Å². The topological polar surface area (TPSA) is 64.2 Å². The number of carbonyl (C=O) groups is 1. The van der Waals surface area contributed by atoms with Crippen LogP contribution in [0.25, 0.3) is 5.69 Å². The van der Waals surface area contributed by atoms with Crippen LogP contribution in [0.15, 0.2) is 67.3 Å². The molecule has 1 aromatic heterocycles. The number of nitrogen functional groups attached to an aromatic ring is 1. The maximum Gasteiger partial charge on any atom is 0.226 e. The zero-order chi connectivity index (χ0) is 18.6. The van der Waals surface area contributed by atoms with E-state index in [1.807, 2.05) is 52.1 Å². The van der Waals surface area contributed by atoms with E-state index in [2.05, 4.69) is 17.1 Å². The summed E-state index contributed by atoms with van der Waals surface area (Å²) < 4.78 is 1.95. The normalized spacial score (nSPS) is 15.0. The third kappa shape index (κ3) is 4.03. The number of benzene rings is 2. The minimum atomic E-state index is 0.205. The quantitative estimate of drug-likeness (QED) is 0.725. The lowest BCUT2D eigenvalue weighted by molar-refractivity contribution is -0.131. The lowest BCUT2D eigenvalue weighted by atomic mass is 9.89. The number of hydrogen-bond acceptors (Lipinski definition) is 3. The molecule has 3 aromatic rings. The largest absolute Gasteiger partial charge is 0.399 e. The Kier molecular flexibility index (Phi) is 4.92. The van der Waals surface area contributed by atoms with Gasteiger partial charge >= 0.3 is 0 Å². The van der Waals surface area contributed by atoms with Crippen molar-refractivity contribution < 1.29 is 4.79 Å². The van der Waals surface area contributed by atoms with Crippen molar-refractivity contribution in [2.24, 2.45) is 0 Å². The SMILES string of the molecule is Nc1cccc(C2CCN(C(=O)Cc3ccc(-n4ccnc4)cc3)CC2)c1. The number of nitrogens with two attached hydrogens (primary N) is 1. The molecule has 0 unspecified atom stereocenters. The van der Waals surface area contributed by atoms with Gasteiger partial charge in [0.05, 0.1) is 12.7 Å². The summed E-state index contributed by atoms with van der Waals surface area (Å²) in [5.74, 6) is 0.698. The monoisotopic (exact) mass is 360 g/mol. The highest BCUT2D eigenvalue weighted by atomic mass is 16.2. The molecule has 27 heavy (non-hydrogen) atoms. The average Bonchev–Trinajstić information content (AvgIpc) is 3.23. The van der Waals surface area contributed by atoms with Gasteiger partial charge in [-0.15, -0.1) is 0 Å². The Hall–Kier alpha value is -3.08. The molecule has 1 saturated heterocycles.